The van der Waals surface area contributed by atoms with Crippen molar-refractivity contribution in [3.63, 3.8) is 0 Å². The first-order chi connectivity index (χ1) is 9.18. The molecule has 1 aliphatic rings. The first-order valence-corrected chi connectivity index (χ1v) is 7.74. The van der Waals surface area contributed by atoms with Gasteiger partial charge in [0.1, 0.15) is 5.82 Å². The average molecular weight is 303 g/mol. The molecule has 0 aromatic heterocycles. The van der Waals surface area contributed by atoms with E-state index in [4.69, 9.17) is 9.88 Å². The lowest BCUT2D eigenvalue weighted by Crippen LogP contribution is -2.22. The smallest absolute Gasteiger partial charge is 0.333 e. The van der Waals surface area contributed by atoms with E-state index in [0.717, 1.165) is 0 Å². The molecule has 0 unspecified atom stereocenters. The standard InChI is InChI=1S/C13H18FNO4S/c1-13(2)7-9(8-18-20(15,16)17)12(19-13)10-5-3-4-6-11(10)14/h3-6,9,12H,7-8H2,1-2H3,(H2,15,16,17)/t9-,12+/m0/s1. The average Bonchev–Trinajstić information content (AvgIpc) is 2.62. The number of rotatable bonds is 4. The van der Waals surface area contributed by atoms with Gasteiger partial charge in [-0.1, -0.05) is 18.2 Å². The van der Waals surface area contributed by atoms with Gasteiger partial charge in [0.05, 0.1) is 18.3 Å². The van der Waals surface area contributed by atoms with Gasteiger partial charge in [0.25, 0.3) is 0 Å². The van der Waals surface area contributed by atoms with Gasteiger partial charge in [-0.3, -0.25) is 4.18 Å². The molecule has 1 heterocycles. The van der Waals surface area contributed by atoms with Gasteiger partial charge in [0.2, 0.25) is 0 Å². The van der Waals surface area contributed by atoms with Crippen LogP contribution in [0.4, 0.5) is 4.39 Å². The Balaban J connectivity index is 2.23. The molecule has 1 aliphatic heterocycles. The maximum Gasteiger partial charge on any atom is 0.333 e. The lowest BCUT2D eigenvalue weighted by molar-refractivity contribution is -0.0260. The number of nitrogens with two attached hydrogens (primary N) is 1. The number of hydrogen-bond donors (Lipinski definition) is 1. The molecule has 0 bridgehead atoms. The Bertz CT molecular complexity index is 588. The van der Waals surface area contributed by atoms with Gasteiger partial charge >= 0.3 is 10.3 Å². The molecule has 1 fully saturated rings. The molecule has 20 heavy (non-hydrogen) atoms. The van der Waals surface area contributed by atoms with Gasteiger partial charge in [0, 0.05) is 11.5 Å². The molecule has 7 heteroatoms. The van der Waals surface area contributed by atoms with E-state index < -0.39 is 22.0 Å². The van der Waals surface area contributed by atoms with Crippen LogP contribution in [0.25, 0.3) is 0 Å². The highest BCUT2D eigenvalue weighted by Gasteiger charge is 2.42. The summed E-state index contributed by atoms with van der Waals surface area (Å²) in [4.78, 5) is 0. The number of hydrogen-bond acceptors (Lipinski definition) is 4. The Kier molecular flexibility index (Phi) is 4.15. The molecule has 0 aliphatic carbocycles. The second-order valence-electron chi connectivity index (χ2n) is 5.56. The predicted molar refractivity (Wildman–Crippen MR) is 71.5 cm³/mol. The number of ether oxygens (including phenoxy) is 1. The minimum absolute atomic E-state index is 0.124. The second kappa shape index (κ2) is 5.40. The van der Waals surface area contributed by atoms with Crippen molar-refractivity contribution in [2.24, 2.45) is 11.1 Å². The Morgan fingerprint density at radius 3 is 2.70 bits per heavy atom. The van der Waals surface area contributed by atoms with Crippen LogP contribution >= 0.6 is 0 Å². The van der Waals surface area contributed by atoms with E-state index in [1.807, 2.05) is 13.8 Å². The maximum absolute atomic E-state index is 13.9. The van der Waals surface area contributed by atoms with Crippen molar-refractivity contribution in [2.45, 2.75) is 32.0 Å². The van der Waals surface area contributed by atoms with Crippen LogP contribution in [-0.4, -0.2) is 20.6 Å². The fourth-order valence-corrected chi connectivity index (χ4v) is 2.94. The third kappa shape index (κ3) is 3.76. The van der Waals surface area contributed by atoms with E-state index >= 15 is 0 Å². The van der Waals surface area contributed by atoms with Crippen LogP contribution in [-0.2, 0) is 19.2 Å². The Morgan fingerprint density at radius 1 is 1.45 bits per heavy atom. The fourth-order valence-electron chi connectivity index (χ4n) is 2.58. The molecule has 1 aromatic rings. The second-order valence-corrected chi connectivity index (χ2v) is 6.78. The molecule has 5 nitrogen and oxygen atoms in total. The van der Waals surface area contributed by atoms with Crippen molar-refractivity contribution in [3.05, 3.63) is 35.6 Å². The van der Waals surface area contributed by atoms with E-state index in [2.05, 4.69) is 4.18 Å². The Hall–Kier alpha value is -1.02. The molecule has 2 atom stereocenters. The lowest BCUT2D eigenvalue weighted by Gasteiger charge is -2.20. The summed E-state index contributed by atoms with van der Waals surface area (Å²) in [5.41, 5.74) is -0.0691. The highest BCUT2D eigenvalue weighted by atomic mass is 32.2. The third-order valence-electron chi connectivity index (χ3n) is 3.29. The zero-order chi connectivity index (χ0) is 15.0. The van der Waals surface area contributed by atoms with Crippen LogP contribution in [0.5, 0.6) is 0 Å². The minimum Gasteiger partial charge on any atom is -0.367 e. The molecule has 2 rings (SSSR count). The summed E-state index contributed by atoms with van der Waals surface area (Å²) in [6.45, 7) is 3.62. The van der Waals surface area contributed by atoms with Crippen LogP contribution in [0.2, 0.25) is 0 Å². The van der Waals surface area contributed by atoms with E-state index in [1.165, 1.54) is 6.07 Å². The quantitative estimate of drug-likeness (QED) is 0.921. The summed E-state index contributed by atoms with van der Waals surface area (Å²) in [6, 6.07) is 6.28. The third-order valence-corrected chi connectivity index (χ3v) is 3.75. The SMILES string of the molecule is CC1(C)C[C@@H](COS(N)(=O)=O)[C@H](c2ccccc2F)O1. The van der Waals surface area contributed by atoms with Crippen LogP contribution in [0, 0.1) is 11.7 Å². The molecular formula is C13H18FNO4S. The number of benzene rings is 1. The minimum atomic E-state index is -4.01. The maximum atomic E-state index is 13.9. The monoisotopic (exact) mass is 303 g/mol. The molecule has 112 valence electrons. The van der Waals surface area contributed by atoms with Gasteiger partial charge in [0.15, 0.2) is 0 Å². The predicted octanol–water partition coefficient (Wildman–Crippen LogP) is 1.90. The molecule has 1 aromatic carbocycles. The van der Waals surface area contributed by atoms with Crippen LogP contribution < -0.4 is 5.14 Å². The van der Waals surface area contributed by atoms with Crippen molar-refractivity contribution in [1.82, 2.24) is 0 Å². The van der Waals surface area contributed by atoms with Crippen LogP contribution in [0.3, 0.4) is 0 Å². The zero-order valence-corrected chi connectivity index (χ0v) is 12.2. The molecule has 0 radical (unpaired) electrons. The van der Waals surface area contributed by atoms with Crippen molar-refractivity contribution < 1.29 is 21.7 Å². The molecule has 0 amide bonds. The van der Waals surface area contributed by atoms with Gasteiger partial charge in [-0.25, -0.2) is 9.53 Å². The zero-order valence-electron chi connectivity index (χ0n) is 11.4. The van der Waals surface area contributed by atoms with Crippen LogP contribution in [0.1, 0.15) is 31.9 Å². The molecule has 0 saturated carbocycles. The van der Waals surface area contributed by atoms with Gasteiger partial charge in [-0.05, 0) is 26.3 Å². The van der Waals surface area contributed by atoms with Crippen molar-refractivity contribution in [3.8, 4) is 0 Å². The van der Waals surface area contributed by atoms with Gasteiger partial charge < -0.3 is 4.74 Å². The highest BCUT2D eigenvalue weighted by Crippen LogP contribution is 2.44. The molecule has 2 N–H and O–H groups in total. The Labute approximate surface area is 118 Å². The molecule has 0 spiro atoms. The first kappa shape index (κ1) is 15.4. The molecule has 1 saturated heterocycles. The summed E-state index contributed by atoms with van der Waals surface area (Å²) in [5.74, 6) is -0.656. The summed E-state index contributed by atoms with van der Waals surface area (Å²) in [6.07, 6.45) is 0.00887. The summed E-state index contributed by atoms with van der Waals surface area (Å²) in [7, 11) is -4.01. The highest BCUT2D eigenvalue weighted by molar-refractivity contribution is 7.84. The van der Waals surface area contributed by atoms with E-state index in [1.54, 1.807) is 18.2 Å². The van der Waals surface area contributed by atoms with E-state index in [0.29, 0.717) is 12.0 Å². The first-order valence-electron chi connectivity index (χ1n) is 6.27. The summed E-state index contributed by atoms with van der Waals surface area (Å²) >= 11 is 0. The van der Waals surface area contributed by atoms with Crippen LogP contribution in [0.15, 0.2) is 24.3 Å². The van der Waals surface area contributed by atoms with E-state index in [-0.39, 0.29) is 18.3 Å². The fraction of sp³-hybridized carbons (Fsp3) is 0.538. The molecular weight excluding hydrogens is 285 g/mol. The van der Waals surface area contributed by atoms with Crippen molar-refractivity contribution >= 4 is 10.3 Å². The van der Waals surface area contributed by atoms with Gasteiger partial charge in [-0.2, -0.15) is 8.42 Å². The topological polar surface area (TPSA) is 78.6 Å². The van der Waals surface area contributed by atoms with E-state index in [9.17, 15) is 12.8 Å². The normalized spacial score (nSPS) is 25.8. The van der Waals surface area contributed by atoms with Crippen molar-refractivity contribution in [2.75, 3.05) is 6.61 Å². The van der Waals surface area contributed by atoms with Gasteiger partial charge in [-0.15, -0.1) is 0 Å². The Morgan fingerprint density at radius 2 is 2.10 bits per heavy atom. The largest absolute Gasteiger partial charge is 0.367 e. The lowest BCUT2D eigenvalue weighted by atomic mass is 9.91. The van der Waals surface area contributed by atoms with Crippen molar-refractivity contribution in [1.29, 1.82) is 0 Å². The summed E-state index contributed by atoms with van der Waals surface area (Å²) < 4.78 is 46.2. The summed E-state index contributed by atoms with van der Waals surface area (Å²) in [5, 5.41) is 4.83. The number of halogens is 1.